The number of benzene rings is 1. The van der Waals surface area contributed by atoms with Crippen molar-refractivity contribution in [1.29, 1.82) is 0 Å². The zero-order chi connectivity index (χ0) is 13.6. The first-order valence-corrected chi connectivity index (χ1v) is 7.39. The van der Waals surface area contributed by atoms with Gasteiger partial charge in [-0.3, -0.25) is 0 Å². The zero-order valence-electron chi connectivity index (χ0n) is 12.1. The molecule has 2 aliphatic rings. The molecule has 1 fully saturated rings. The van der Waals surface area contributed by atoms with Gasteiger partial charge in [0.15, 0.2) is 0 Å². The maximum atomic E-state index is 13.1. The third-order valence-corrected chi connectivity index (χ3v) is 5.48. The number of rotatable bonds is 1. The van der Waals surface area contributed by atoms with E-state index in [9.17, 15) is 4.39 Å². The molecule has 1 heteroatoms. The fourth-order valence-corrected chi connectivity index (χ4v) is 4.12. The largest absolute Gasteiger partial charge is 0.207 e. The van der Waals surface area contributed by atoms with Crippen LogP contribution in [-0.4, -0.2) is 0 Å². The topological polar surface area (TPSA) is 0 Å². The fourth-order valence-electron chi connectivity index (χ4n) is 4.12. The molecule has 102 valence electrons. The van der Waals surface area contributed by atoms with Crippen LogP contribution in [0.15, 0.2) is 35.9 Å². The van der Waals surface area contributed by atoms with E-state index in [4.69, 9.17) is 0 Å². The second-order valence-corrected chi connectivity index (χ2v) is 7.07. The number of fused-ring (bicyclic) bond motifs is 2. The summed E-state index contributed by atoms with van der Waals surface area (Å²) in [5, 5.41) is 0. The van der Waals surface area contributed by atoms with E-state index >= 15 is 0 Å². The van der Waals surface area contributed by atoms with Crippen molar-refractivity contribution in [2.24, 2.45) is 17.3 Å². The normalized spacial score (nSPS) is 32.8. The number of halogens is 1. The molecule has 3 atom stereocenters. The maximum absolute atomic E-state index is 13.1. The maximum Gasteiger partial charge on any atom is 0.123 e. The van der Waals surface area contributed by atoms with Crippen molar-refractivity contribution < 1.29 is 4.39 Å². The van der Waals surface area contributed by atoms with Crippen LogP contribution in [0, 0.1) is 23.1 Å². The van der Waals surface area contributed by atoms with E-state index in [1.54, 1.807) is 17.7 Å². The smallest absolute Gasteiger partial charge is 0.123 e. The Morgan fingerprint density at radius 2 is 1.79 bits per heavy atom. The summed E-state index contributed by atoms with van der Waals surface area (Å²) in [5.41, 5.74) is 3.25. The Labute approximate surface area is 115 Å². The molecule has 0 radical (unpaired) electrons. The Bertz CT molecular complexity index is 495. The van der Waals surface area contributed by atoms with Gasteiger partial charge in [-0.1, -0.05) is 37.6 Å². The molecular weight excluding hydrogens is 235 g/mol. The molecule has 0 N–H and O–H groups in total. The quantitative estimate of drug-likeness (QED) is 0.599. The van der Waals surface area contributed by atoms with Gasteiger partial charge in [0.05, 0.1) is 0 Å². The van der Waals surface area contributed by atoms with E-state index in [0.717, 1.165) is 5.92 Å². The monoisotopic (exact) mass is 258 g/mol. The van der Waals surface area contributed by atoms with Crippen molar-refractivity contribution >= 4 is 0 Å². The molecule has 0 heterocycles. The van der Waals surface area contributed by atoms with Crippen LogP contribution in [0.25, 0.3) is 0 Å². The van der Waals surface area contributed by atoms with Crippen LogP contribution < -0.4 is 0 Å². The Balaban J connectivity index is 1.97. The standard InChI is InChI=1S/C18H23F/c1-12-4-7-14-10-16(12)17(11-18(14,2)3)13-5-8-15(19)9-6-13/h4-6,8-9,14,16-17H,7,10-11H2,1-3H3/t14-,16-,17-/m0/s1. The van der Waals surface area contributed by atoms with Crippen LogP contribution in [0.5, 0.6) is 0 Å². The summed E-state index contributed by atoms with van der Waals surface area (Å²) >= 11 is 0. The molecule has 0 nitrogen and oxygen atoms in total. The Morgan fingerprint density at radius 3 is 2.47 bits per heavy atom. The van der Waals surface area contributed by atoms with Crippen molar-refractivity contribution in [3.05, 3.63) is 47.3 Å². The Hall–Kier alpha value is -1.11. The third-order valence-electron chi connectivity index (χ3n) is 5.48. The molecular formula is C18H23F. The molecule has 0 spiro atoms. The fraction of sp³-hybridized carbons (Fsp3) is 0.556. The minimum Gasteiger partial charge on any atom is -0.207 e. The van der Waals surface area contributed by atoms with Gasteiger partial charge in [0, 0.05) is 0 Å². The second-order valence-electron chi connectivity index (χ2n) is 7.07. The summed E-state index contributed by atoms with van der Waals surface area (Å²) in [7, 11) is 0. The molecule has 2 aliphatic carbocycles. The molecule has 1 aromatic rings. The highest BCUT2D eigenvalue weighted by atomic mass is 19.1. The van der Waals surface area contributed by atoms with Gasteiger partial charge in [0.2, 0.25) is 0 Å². The van der Waals surface area contributed by atoms with E-state index in [0.29, 0.717) is 17.3 Å². The predicted molar refractivity (Wildman–Crippen MR) is 77.5 cm³/mol. The average molecular weight is 258 g/mol. The van der Waals surface area contributed by atoms with E-state index in [1.165, 1.54) is 24.8 Å². The number of hydrogen-bond donors (Lipinski definition) is 0. The van der Waals surface area contributed by atoms with E-state index < -0.39 is 0 Å². The van der Waals surface area contributed by atoms with Gasteiger partial charge in [-0.25, -0.2) is 4.39 Å². The molecule has 0 aromatic heterocycles. The lowest BCUT2D eigenvalue weighted by Crippen LogP contribution is -2.38. The first-order chi connectivity index (χ1) is 8.97. The highest BCUT2D eigenvalue weighted by Crippen LogP contribution is 2.55. The van der Waals surface area contributed by atoms with Crippen molar-refractivity contribution in [3.63, 3.8) is 0 Å². The van der Waals surface area contributed by atoms with Crippen LogP contribution in [-0.2, 0) is 0 Å². The van der Waals surface area contributed by atoms with Gasteiger partial charge >= 0.3 is 0 Å². The van der Waals surface area contributed by atoms with Gasteiger partial charge < -0.3 is 0 Å². The van der Waals surface area contributed by atoms with Gasteiger partial charge in [-0.2, -0.15) is 0 Å². The average Bonchev–Trinajstić information content (AvgIpc) is 2.37. The van der Waals surface area contributed by atoms with Crippen LogP contribution in [0.3, 0.4) is 0 Å². The van der Waals surface area contributed by atoms with E-state index in [2.05, 4.69) is 26.8 Å². The molecule has 3 rings (SSSR count). The van der Waals surface area contributed by atoms with Crippen LogP contribution in [0.2, 0.25) is 0 Å². The highest BCUT2D eigenvalue weighted by molar-refractivity contribution is 5.28. The van der Waals surface area contributed by atoms with Crippen molar-refractivity contribution in [2.75, 3.05) is 0 Å². The van der Waals surface area contributed by atoms with Crippen molar-refractivity contribution in [3.8, 4) is 0 Å². The molecule has 0 saturated heterocycles. The number of allylic oxidation sites excluding steroid dienone is 2. The molecule has 19 heavy (non-hydrogen) atoms. The minimum absolute atomic E-state index is 0.132. The lowest BCUT2D eigenvalue weighted by Gasteiger charge is -2.49. The first kappa shape index (κ1) is 12.9. The zero-order valence-corrected chi connectivity index (χ0v) is 12.1. The Morgan fingerprint density at radius 1 is 1.11 bits per heavy atom. The summed E-state index contributed by atoms with van der Waals surface area (Å²) < 4.78 is 13.1. The summed E-state index contributed by atoms with van der Waals surface area (Å²) in [5.74, 6) is 1.91. The van der Waals surface area contributed by atoms with Crippen LogP contribution in [0.1, 0.15) is 51.5 Å². The summed E-state index contributed by atoms with van der Waals surface area (Å²) in [4.78, 5) is 0. The Kier molecular flexibility index (Phi) is 3.03. The predicted octanol–water partition coefficient (Wildman–Crippen LogP) is 5.31. The van der Waals surface area contributed by atoms with Gasteiger partial charge in [-0.15, -0.1) is 0 Å². The minimum atomic E-state index is -0.132. The highest BCUT2D eigenvalue weighted by Gasteiger charge is 2.44. The SMILES string of the molecule is CC1=CC[C@H]2C[C@@H]1[C@H](c1ccc(F)cc1)CC2(C)C. The van der Waals surface area contributed by atoms with Gasteiger partial charge in [0.25, 0.3) is 0 Å². The first-order valence-electron chi connectivity index (χ1n) is 7.39. The summed E-state index contributed by atoms with van der Waals surface area (Å²) in [6.07, 6.45) is 6.21. The van der Waals surface area contributed by atoms with E-state index in [-0.39, 0.29) is 5.82 Å². The molecule has 0 unspecified atom stereocenters. The molecule has 1 saturated carbocycles. The second kappa shape index (κ2) is 4.47. The van der Waals surface area contributed by atoms with Gasteiger partial charge in [0.1, 0.15) is 5.82 Å². The molecule has 1 aromatic carbocycles. The molecule has 2 bridgehead atoms. The lowest BCUT2D eigenvalue weighted by molar-refractivity contribution is 0.0834. The van der Waals surface area contributed by atoms with Crippen LogP contribution in [0.4, 0.5) is 4.39 Å². The summed E-state index contributed by atoms with van der Waals surface area (Å²) in [6, 6.07) is 7.18. The van der Waals surface area contributed by atoms with Crippen LogP contribution >= 0.6 is 0 Å². The van der Waals surface area contributed by atoms with Crippen molar-refractivity contribution in [2.45, 2.75) is 46.0 Å². The van der Waals surface area contributed by atoms with Crippen molar-refractivity contribution in [1.82, 2.24) is 0 Å². The third kappa shape index (κ3) is 2.24. The van der Waals surface area contributed by atoms with E-state index in [1.807, 2.05) is 12.1 Å². The lowest BCUT2D eigenvalue weighted by atomic mass is 9.55. The number of hydrogen-bond acceptors (Lipinski definition) is 0. The summed E-state index contributed by atoms with van der Waals surface area (Å²) in [6.45, 7) is 7.08. The van der Waals surface area contributed by atoms with Gasteiger partial charge in [-0.05, 0) is 67.1 Å². The molecule has 0 amide bonds. The molecule has 0 aliphatic heterocycles.